The first-order valence-corrected chi connectivity index (χ1v) is 9.32. The first-order chi connectivity index (χ1) is 13.3. The van der Waals surface area contributed by atoms with Crippen LogP contribution in [0.3, 0.4) is 0 Å². The van der Waals surface area contributed by atoms with E-state index in [0.29, 0.717) is 0 Å². The quantitative estimate of drug-likeness (QED) is 0.387. The molecule has 0 aromatic heterocycles. The van der Waals surface area contributed by atoms with Gasteiger partial charge in [0.25, 0.3) is 0 Å². The summed E-state index contributed by atoms with van der Waals surface area (Å²) in [6, 6.07) is 38.7. The van der Waals surface area contributed by atoms with E-state index in [0.717, 1.165) is 6.42 Å². The number of anilines is 2. The molecule has 0 aliphatic carbocycles. The zero-order valence-corrected chi connectivity index (χ0v) is 15.5. The monoisotopic (exact) mass is 349 g/mol. The van der Waals surface area contributed by atoms with Gasteiger partial charge in [-0.2, -0.15) is 0 Å². The van der Waals surface area contributed by atoms with E-state index in [1.165, 1.54) is 33.6 Å². The minimum Gasteiger partial charge on any atom is -0.345 e. The van der Waals surface area contributed by atoms with E-state index in [2.05, 4.69) is 115 Å². The first-order valence-electron chi connectivity index (χ1n) is 9.32. The Morgan fingerprint density at radius 1 is 0.519 bits per heavy atom. The van der Waals surface area contributed by atoms with Crippen LogP contribution in [0.5, 0.6) is 0 Å². The number of nitrogens with zero attached hydrogens (tertiary/aromatic N) is 1. The van der Waals surface area contributed by atoms with E-state index >= 15 is 0 Å². The van der Waals surface area contributed by atoms with Gasteiger partial charge < -0.3 is 4.90 Å². The van der Waals surface area contributed by atoms with Crippen LogP contribution in [0.1, 0.15) is 11.1 Å². The number of hydrogen-bond donors (Lipinski definition) is 0. The summed E-state index contributed by atoms with van der Waals surface area (Å²) in [7, 11) is 2.10. The fraction of sp³-hybridized carbons (Fsp3) is 0.0769. The van der Waals surface area contributed by atoms with Gasteiger partial charge in [0.2, 0.25) is 0 Å². The van der Waals surface area contributed by atoms with Crippen LogP contribution < -0.4 is 4.90 Å². The zero-order chi connectivity index (χ0) is 18.5. The topological polar surface area (TPSA) is 3.24 Å². The molecule has 0 spiro atoms. The molecule has 0 fully saturated rings. The molecule has 27 heavy (non-hydrogen) atoms. The molecule has 4 aromatic rings. The fourth-order valence-corrected chi connectivity index (χ4v) is 3.37. The van der Waals surface area contributed by atoms with E-state index in [-0.39, 0.29) is 0 Å². The predicted octanol–water partition coefficient (Wildman–Crippen LogP) is 6.71. The van der Waals surface area contributed by atoms with E-state index in [4.69, 9.17) is 0 Å². The summed E-state index contributed by atoms with van der Waals surface area (Å²) in [5, 5.41) is 0. The molecule has 0 bridgehead atoms. The summed E-state index contributed by atoms with van der Waals surface area (Å²) in [6.45, 7) is 0. The highest BCUT2D eigenvalue weighted by Gasteiger charge is 2.05. The van der Waals surface area contributed by atoms with Crippen molar-refractivity contribution in [2.45, 2.75) is 6.42 Å². The van der Waals surface area contributed by atoms with Crippen molar-refractivity contribution in [3.63, 3.8) is 0 Å². The van der Waals surface area contributed by atoms with Gasteiger partial charge in [0.15, 0.2) is 0 Å². The summed E-state index contributed by atoms with van der Waals surface area (Å²) in [6.07, 6.45) is 0.962. The molecule has 0 amide bonds. The van der Waals surface area contributed by atoms with Crippen LogP contribution in [0.2, 0.25) is 0 Å². The molecule has 0 saturated heterocycles. The van der Waals surface area contributed by atoms with Crippen LogP contribution >= 0.6 is 0 Å². The summed E-state index contributed by atoms with van der Waals surface area (Å²) >= 11 is 0. The minimum atomic E-state index is 0.962. The van der Waals surface area contributed by atoms with Crippen LogP contribution in [0, 0.1) is 0 Å². The second-order valence-electron chi connectivity index (χ2n) is 6.80. The van der Waals surface area contributed by atoms with E-state index in [1.807, 2.05) is 6.07 Å². The average Bonchev–Trinajstić information content (AvgIpc) is 2.75. The zero-order valence-electron chi connectivity index (χ0n) is 15.5. The lowest BCUT2D eigenvalue weighted by atomic mass is 9.99. The molecule has 4 aromatic carbocycles. The molecule has 0 N–H and O–H groups in total. The van der Waals surface area contributed by atoms with E-state index in [9.17, 15) is 0 Å². The molecular formula is C26H23N. The molecule has 1 heteroatoms. The Hall–Kier alpha value is -3.32. The molecule has 0 heterocycles. The first kappa shape index (κ1) is 17.1. The Balaban J connectivity index is 1.55. The largest absolute Gasteiger partial charge is 0.345 e. The normalized spacial score (nSPS) is 10.6. The molecule has 0 unspecified atom stereocenters. The lowest BCUT2D eigenvalue weighted by Gasteiger charge is -2.19. The molecule has 0 saturated carbocycles. The van der Waals surface area contributed by atoms with Gasteiger partial charge in [-0.15, -0.1) is 0 Å². The predicted molar refractivity (Wildman–Crippen MR) is 116 cm³/mol. The van der Waals surface area contributed by atoms with Gasteiger partial charge in [0.05, 0.1) is 0 Å². The maximum Gasteiger partial charge on any atom is 0.0408 e. The summed E-state index contributed by atoms with van der Waals surface area (Å²) in [5.41, 5.74) is 7.56. The molecule has 0 aliphatic heterocycles. The average molecular weight is 349 g/mol. The number of benzene rings is 4. The van der Waals surface area contributed by atoms with Gasteiger partial charge in [0, 0.05) is 18.4 Å². The van der Waals surface area contributed by atoms with Gasteiger partial charge in [-0.05, 0) is 52.9 Å². The fourth-order valence-electron chi connectivity index (χ4n) is 3.37. The Morgan fingerprint density at radius 3 is 1.81 bits per heavy atom. The van der Waals surface area contributed by atoms with Crippen molar-refractivity contribution in [2.24, 2.45) is 0 Å². The van der Waals surface area contributed by atoms with Crippen molar-refractivity contribution in [2.75, 3.05) is 11.9 Å². The molecular weight excluding hydrogens is 326 g/mol. The van der Waals surface area contributed by atoms with Gasteiger partial charge in [-0.1, -0.05) is 84.9 Å². The second kappa shape index (κ2) is 7.92. The van der Waals surface area contributed by atoms with Crippen molar-refractivity contribution >= 4 is 11.4 Å². The van der Waals surface area contributed by atoms with Gasteiger partial charge in [-0.3, -0.25) is 0 Å². The van der Waals surface area contributed by atoms with Crippen LogP contribution in [0.15, 0.2) is 109 Å². The molecule has 0 radical (unpaired) electrons. The van der Waals surface area contributed by atoms with Gasteiger partial charge in [0.1, 0.15) is 0 Å². The Kier molecular flexibility index (Phi) is 5.02. The molecule has 0 atom stereocenters. The smallest absolute Gasteiger partial charge is 0.0408 e. The van der Waals surface area contributed by atoms with Crippen LogP contribution in [-0.4, -0.2) is 7.05 Å². The number of para-hydroxylation sites is 1. The maximum absolute atomic E-state index is 2.29. The van der Waals surface area contributed by atoms with Crippen molar-refractivity contribution in [3.8, 4) is 11.1 Å². The third kappa shape index (κ3) is 4.09. The maximum atomic E-state index is 2.29. The molecule has 0 aliphatic rings. The minimum absolute atomic E-state index is 0.962. The highest BCUT2D eigenvalue weighted by Crippen LogP contribution is 2.27. The highest BCUT2D eigenvalue weighted by atomic mass is 15.1. The van der Waals surface area contributed by atoms with Crippen LogP contribution in [-0.2, 0) is 6.42 Å². The number of hydrogen-bond acceptors (Lipinski definition) is 1. The van der Waals surface area contributed by atoms with Crippen molar-refractivity contribution in [1.29, 1.82) is 0 Å². The van der Waals surface area contributed by atoms with Crippen LogP contribution in [0.4, 0.5) is 11.4 Å². The van der Waals surface area contributed by atoms with Gasteiger partial charge in [-0.25, -0.2) is 0 Å². The van der Waals surface area contributed by atoms with Gasteiger partial charge >= 0.3 is 0 Å². The third-order valence-corrected chi connectivity index (χ3v) is 4.91. The summed E-state index contributed by atoms with van der Waals surface area (Å²) in [4.78, 5) is 2.20. The third-order valence-electron chi connectivity index (χ3n) is 4.91. The van der Waals surface area contributed by atoms with E-state index < -0.39 is 0 Å². The lowest BCUT2D eigenvalue weighted by molar-refractivity contribution is 1.19. The molecule has 4 rings (SSSR count). The summed E-state index contributed by atoms with van der Waals surface area (Å²) in [5.74, 6) is 0. The molecule has 1 nitrogen and oxygen atoms in total. The highest BCUT2D eigenvalue weighted by molar-refractivity contribution is 5.69. The lowest BCUT2D eigenvalue weighted by Crippen LogP contribution is -2.08. The van der Waals surface area contributed by atoms with E-state index in [1.54, 1.807) is 0 Å². The summed E-state index contributed by atoms with van der Waals surface area (Å²) < 4.78 is 0. The Labute approximate surface area is 161 Å². The Morgan fingerprint density at radius 2 is 1.11 bits per heavy atom. The second-order valence-corrected chi connectivity index (χ2v) is 6.80. The van der Waals surface area contributed by atoms with Crippen LogP contribution in [0.25, 0.3) is 11.1 Å². The van der Waals surface area contributed by atoms with Crippen molar-refractivity contribution < 1.29 is 0 Å². The number of rotatable bonds is 5. The SMILES string of the molecule is CN(c1ccccc1)c1ccc(-c2cccc(Cc3ccccc3)c2)cc1. The van der Waals surface area contributed by atoms with Crippen molar-refractivity contribution in [1.82, 2.24) is 0 Å². The standard InChI is InChI=1S/C26H23N/c1-27(25-13-6-3-7-14-25)26-17-15-23(16-18-26)24-12-8-11-22(20-24)19-21-9-4-2-5-10-21/h2-18,20H,19H2,1H3. The Bertz CT molecular complexity index is 989. The van der Waals surface area contributed by atoms with Crippen molar-refractivity contribution in [3.05, 3.63) is 120 Å². The molecule has 132 valence electrons.